The van der Waals surface area contributed by atoms with Crippen molar-refractivity contribution < 1.29 is 0 Å². The smallest absolute Gasteiger partial charge is 0.00489 e. The number of rotatable bonds is 6. The van der Waals surface area contributed by atoms with E-state index in [1.165, 1.54) is 25.7 Å². The molecule has 0 saturated heterocycles. The van der Waals surface area contributed by atoms with E-state index >= 15 is 0 Å². The molecule has 0 aliphatic rings. The SMILES string of the molecule is CCCC(C)CC(CC)CN. The summed E-state index contributed by atoms with van der Waals surface area (Å²) < 4.78 is 0. The molecule has 0 fully saturated rings. The minimum absolute atomic E-state index is 0.761. The van der Waals surface area contributed by atoms with Crippen molar-refractivity contribution in [2.45, 2.75) is 46.5 Å². The molecule has 0 spiro atoms. The number of hydrogen-bond acceptors (Lipinski definition) is 1. The van der Waals surface area contributed by atoms with Gasteiger partial charge in [-0.25, -0.2) is 0 Å². The molecule has 68 valence electrons. The summed E-state index contributed by atoms with van der Waals surface area (Å²) in [5.74, 6) is 1.63. The molecule has 2 unspecified atom stereocenters. The summed E-state index contributed by atoms with van der Waals surface area (Å²) in [6, 6.07) is 0. The van der Waals surface area contributed by atoms with Crippen LogP contribution in [0.2, 0.25) is 0 Å². The molecule has 0 heterocycles. The van der Waals surface area contributed by atoms with Crippen LogP contribution in [0.4, 0.5) is 0 Å². The van der Waals surface area contributed by atoms with Gasteiger partial charge in [0, 0.05) is 0 Å². The van der Waals surface area contributed by atoms with E-state index in [-0.39, 0.29) is 0 Å². The monoisotopic (exact) mass is 157 g/mol. The minimum Gasteiger partial charge on any atom is -0.330 e. The molecule has 1 heteroatoms. The third-order valence-corrected chi connectivity index (χ3v) is 2.43. The molecule has 0 aliphatic carbocycles. The quantitative estimate of drug-likeness (QED) is 0.630. The fourth-order valence-corrected chi connectivity index (χ4v) is 1.61. The summed E-state index contributed by atoms with van der Waals surface area (Å²) in [6.07, 6.45) is 5.23. The van der Waals surface area contributed by atoms with Crippen LogP contribution >= 0.6 is 0 Å². The lowest BCUT2D eigenvalue weighted by Gasteiger charge is -2.17. The van der Waals surface area contributed by atoms with Crippen molar-refractivity contribution in [1.82, 2.24) is 0 Å². The molecule has 0 aliphatic heterocycles. The third-order valence-electron chi connectivity index (χ3n) is 2.43. The van der Waals surface area contributed by atoms with Crippen LogP contribution in [0, 0.1) is 11.8 Å². The fourth-order valence-electron chi connectivity index (χ4n) is 1.61. The van der Waals surface area contributed by atoms with Crippen molar-refractivity contribution >= 4 is 0 Å². The summed E-state index contributed by atoms with van der Waals surface area (Å²) in [5.41, 5.74) is 5.63. The summed E-state index contributed by atoms with van der Waals surface area (Å²) in [4.78, 5) is 0. The van der Waals surface area contributed by atoms with Crippen LogP contribution < -0.4 is 5.73 Å². The largest absolute Gasteiger partial charge is 0.330 e. The Balaban J connectivity index is 3.44. The van der Waals surface area contributed by atoms with E-state index in [0.29, 0.717) is 0 Å². The Kier molecular flexibility index (Phi) is 6.63. The highest BCUT2D eigenvalue weighted by Gasteiger charge is 2.08. The minimum atomic E-state index is 0.761. The first-order valence-corrected chi connectivity index (χ1v) is 4.94. The topological polar surface area (TPSA) is 26.0 Å². The zero-order valence-electron chi connectivity index (χ0n) is 8.27. The second kappa shape index (κ2) is 6.66. The van der Waals surface area contributed by atoms with Crippen molar-refractivity contribution in [3.63, 3.8) is 0 Å². The predicted octanol–water partition coefficient (Wildman–Crippen LogP) is 2.80. The summed E-state index contributed by atoms with van der Waals surface area (Å²) in [7, 11) is 0. The molecule has 0 aromatic rings. The maximum absolute atomic E-state index is 5.63. The first-order valence-electron chi connectivity index (χ1n) is 4.94. The lowest BCUT2D eigenvalue weighted by molar-refractivity contribution is 0.369. The van der Waals surface area contributed by atoms with Gasteiger partial charge < -0.3 is 5.73 Å². The van der Waals surface area contributed by atoms with Crippen LogP contribution in [0.25, 0.3) is 0 Å². The molecule has 2 atom stereocenters. The maximum Gasteiger partial charge on any atom is -0.00489 e. The zero-order valence-corrected chi connectivity index (χ0v) is 8.27. The first-order chi connectivity index (χ1) is 5.24. The highest BCUT2D eigenvalue weighted by atomic mass is 14.5. The van der Waals surface area contributed by atoms with Crippen molar-refractivity contribution in [2.24, 2.45) is 17.6 Å². The Hall–Kier alpha value is -0.0400. The zero-order chi connectivity index (χ0) is 8.69. The highest BCUT2D eigenvalue weighted by Crippen LogP contribution is 2.18. The maximum atomic E-state index is 5.63. The first kappa shape index (κ1) is 11.0. The van der Waals surface area contributed by atoms with E-state index in [2.05, 4.69) is 20.8 Å². The van der Waals surface area contributed by atoms with E-state index in [0.717, 1.165) is 18.4 Å². The van der Waals surface area contributed by atoms with Gasteiger partial charge in [0.15, 0.2) is 0 Å². The van der Waals surface area contributed by atoms with Crippen LogP contribution in [0.5, 0.6) is 0 Å². The molecule has 0 aromatic heterocycles. The van der Waals surface area contributed by atoms with Crippen LogP contribution in [-0.2, 0) is 0 Å². The van der Waals surface area contributed by atoms with E-state index in [9.17, 15) is 0 Å². The van der Waals surface area contributed by atoms with Gasteiger partial charge in [-0.1, -0.05) is 40.0 Å². The van der Waals surface area contributed by atoms with Gasteiger partial charge in [0.1, 0.15) is 0 Å². The Morgan fingerprint density at radius 3 is 2.27 bits per heavy atom. The average molecular weight is 157 g/mol. The lowest BCUT2D eigenvalue weighted by Crippen LogP contribution is -2.16. The van der Waals surface area contributed by atoms with Gasteiger partial charge >= 0.3 is 0 Å². The normalized spacial score (nSPS) is 16.4. The molecular weight excluding hydrogens is 134 g/mol. The molecule has 1 nitrogen and oxygen atoms in total. The van der Waals surface area contributed by atoms with Gasteiger partial charge in [-0.3, -0.25) is 0 Å². The predicted molar refractivity (Wildman–Crippen MR) is 51.5 cm³/mol. The Bertz CT molecular complexity index is 76.9. The van der Waals surface area contributed by atoms with Gasteiger partial charge in [-0.05, 0) is 24.8 Å². The van der Waals surface area contributed by atoms with Gasteiger partial charge in [0.25, 0.3) is 0 Å². The average Bonchev–Trinajstić information content (AvgIpc) is 2.01. The van der Waals surface area contributed by atoms with E-state index in [1.807, 2.05) is 0 Å². The Morgan fingerprint density at radius 1 is 1.27 bits per heavy atom. The van der Waals surface area contributed by atoms with Crippen molar-refractivity contribution in [1.29, 1.82) is 0 Å². The molecule has 0 amide bonds. The molecule has 0 rings (SSSR count). The van der Waals surface area contributed by atoms with E-state index in [4.69, 9.17) is 5.73 Å². The molecule has 11 heavy (non-hydrogen) atoms. The summed E-state index contributed by atoms with van der Waals surface area (Å²) >= 11 is 0. The molecule has 0 radical (unpaired) electrons. The summed E-state index contributed by atoms with van der Waals surface area (Å²) in [5, 5.41) is 0. The van der Waals surface area contributed by atoms with Crippen LogP contribution in [0.1, 0.15) is 46.5 Å². The molecular formula is C10H23N. The standard InChI is InChI=1S/C10H23N/c1-4-6-9(3)7-10(5-2)8-11/h9-10H,4-8,11H2,1-3H3. The second-order valence-electron chi connectivity index (χ2n) is 3.64. The van der Waals surface area contributed by atoms with Gasteiger partial charge in [0.2, 0.25) is 0 Å². The molecule has 0 saturated carbocycles. The van der Waals surface area contributed by atoms with E-state index in [1.54, 1.807) is 0 Å². The van der Waals surface area contributed by atoms with Crippen molar-refractivity contribution in [3.05, 3.63) is 0 Å². The molecule has 2 N–H and O–H groups in total. The second-order valence-corrected chi connectivity index (χ2v) is 3.64. The number of hydrogen-bond donors (Lipinski definition) is 1. The summed E-state index contributed by atoms with van der Waals surface area (Å²) in [6.45, 7) is 7.68. The van der Waals surface area contributed by atoms with Crippen LogP contribution in [0.3, 0.4) is 0 Å². The van der Waals surface area contributed by atoms with Crippen LogP contribution in [0.15, 0.2) is 0 Å². The third kappa shape index (κ3) is 5.25. The van der Waals surface area contributed by atoms with Crippen molar-refractivity contribution in [3.8, 4) is 0 Å². The van der Waals surface area contributed by atoms with Gasteiger partial charge in [0.05, 0.1) is 0 Å². The molecule has 0 aromatic carbocycles. The van der Waals surface area contributed by atoms with Gasteiger partial charge in [-0.2, -0.15) is 0 Å². The number of nitrogens with two attached hydrogens (primary N) is 1. The van der Waals surface area contributed by atoms with Gasteiger partial charge in [-0.15, -0.1) is 0 Å². The Labute approximate surface area is 71.4 Å². The Morgan fingerprint density at radius 2 is 1.91 bits per heavy atom. The van der Waals surface area contributed by atoms with Crippen molar-refractivity contribution in [2.75, 3.05) is 6.54 Å². The van der Waals surface area contributed by atoms with Crippen LogP contribution in [-0.4, -0.2) is 6.54 Å². The van der Waals surface area contributed by atoms with E-state index < -0.39 is 0 Å². The lowest BCUT2D eigenvalue weighted by atomic mass is 9.91. The molecule has 0 bridgehead atoms. The fraction of sp³-hybridized carbons (Fsp3) is 1.00. The highest BCUT2D eigenvalue weighted by molar-refractivity contribution is 4.62.